The van der Waals surface area contributed by atoms with Crippen molar-refractivity contribution in [1.82, 2.24) is 10.6 Å². The van der Waals surface area contributed by atoms with E-state index in [2.05, 4.69) is 21.4 Å². The molecule has 2 aliphatic heterocycles. The summed E-state index contributed by atoms with van der Waals surface area (Å²) in [4.78, 5) is 0. The molecule has 0 bridgehead atoms. The molecule has 2 saturated heterocycles. The zero-order chi connectivity index (χ0) is 15.5. The molecule has 2 N–H and O–H groups in total. The van der Waals surface area contributed by atoms with Gasteiger partial charge in [0, 0.05) is 30.6 Å². The van der Waals surface area contributed by atoms with Crippen molar-refractivity contribution in [3.8, 4) is 0 Å². The van der Waals surface area contributed by atoms with Crippen LogP contribution in [-0.2, 0) is 9.47 Å². The maximum absolute atomic E-state index is 5.64. The predicted octanol–water partition coefficient (Wildman–Crippen LogP) is 2.97. The van der Waals surface area contributed by atoms with Crippen molar-refractivity contribution in [1.29, 1.82) is 0 Å². The maximum atomic E-state index is 5.64. The average Bonchev–Trinajstić information content (AvgIpc) is 3.05. The van der Waals surface area contributed by atoms with E-state index in [1.54, 1.807) is 0 Å². The predicted molar refractivity (Wildman–Crippen MR) is 101 cm³/mol. The van der Waals surface area contributed by atoms with Crippen molar-refractivity contribution < 1.29 is 9.47 Å². The van der Waals surface area contributed by atoms with Crippen LogP contribution in [0.5, 0.6) is 0 Å². The highest BCUT2D eigenvalue weighted by atomic mass is 33.1. The van der Waals surface area contributed by atoms with Gasteiger partial charge in [-0.05, 0) is 37.9 Å². The summed E-state index contributed by atoms with van der Waals surface area (Å²) in [5.74, 6) is 1.33. The standard InChI is InChI=1S/C15H28N2O2S3/c20-15(17-7-5-13-12-16-8-10-18-13)19-9-3-1-2-4-14-6-11-21-22-14/h13-14,16H,1-12H2,(H,17,20). The summed E-state index contributed by atoms with van der Waals surface area (Å²) in [7, 11) is 4.10. The highest BCUT2D eigenvalue weighted by Gasteiger charge is 2.15. The molecular formula is C15H28N2O2S3. The second-order valence-electron chi connectivity index (χ2n) is 5.73. The first-order chi connectivity index (χ1) is 10.8. The van der Waals surface area contributed by atoms with Crippen LogP contribution in [0.2, 0.25) is 0 Å². The Bertz CT molecular complexity index is 309. The molecule has 2 heterocycles. The number of rotatable bonds is 9. The van der Waals surface area contributed by atoms with Gasteiger partial charge in [0.15, 0.2) is 0 Å². The molecule has 128 valence electrons. The summed E-state index contributed by atoms with van der Waals surface area (Å²) in [5, 5.41) is 7.92. The second-order valence-corrected chi connectivity index (χ2v) is 8.88. The van der Waals surface area contributed by atoms with Gasteiger partial charge < -0.3 is 20.1 Å². The summed E-state index contributed by atoms with van der Waals surface area (Å²) in [6.45, 7) is 4.27. The quantitative estimate of drug-likeness (QED) is 0.370. The molecule has 0 radical (unpaired) electrons. The van der Waals surface area contributed by atoms with E-state index >= 15 is 0 Å². The van der Waals surface area contributed by atoms with Crippen molar-refractivity contribution in [2.24, 2.45) is 0 Å². The molecule has 0 spiro atoms. The minimum absolute atomic E-state index is 0.302. The molecule has 0 aliphatic carbocycles. The number of unbranched alkanes of at least 4 members (excludes halogenated alkanes) is 2. The summed E-state index contributed by atoms with van der Waals surface area (Å²) < 4.78 is 11.2. The van der Waals surface area contributed by atoms with Gasteiger partial charge in [0.25, 0.3) is 5.17 Å². The molecule has 2 unspecified atom stereocenters. The normalized spacial score (nSPS) is 25.1. The Morgan fingerprint density at radius 1 is 1.32 bits per heavy atom. The fourth-order valence-electron chi connectivity index (χ4n) is 2.57. The second kappa shape index (κ2) is 11.8. The van der Waals surface area contributed by atoms with E-state index in [9.17, 15) is 0 Å². The summed E-state index contributed by atoms with van der Waals surface area (Å²) in [6.07, 6.45) is 7.67. The maximum Gasteiger partial charge on any atom is 0.256 e. The topological polar surface area (TPSA) is 42.5 Å². The van der Waals surface area contributed by atoms with Gasteiger partial charge in [0.2, 0.25) is 0 Å². The number of hydrogen-bond acceptors (Lipinski definition) is 6. The van der Waals surface area contributed by atoms with Gasteiger partial charge in [-0.1, -0.05) is 34.4 Å². The number of ether oxygens (including phenoxy) is 2. The van der Waals surface area contributed by atoms with Gasteiger partial charge in [-0.15, -0.1) is 0 Å². The van der Waals surface area contributed by atoms with Crippen molar-refractivity contribution in [3.05, 3.63) is 0 Å². The van der Waals surface area contributed by atoms with Crippen LogP contribution in [0.15, 0.2) is 0 Å². The number of thiocarbonyl (C=S) groups is 1. The molecule has 2 aliphatic rings. The first-order valence-electron chi connectivity index (χ1n) is 8.36. The molecule has 0 aromatic carbocycles. The summed E-state index contributed by atoms with van der Waals surface area (Å²) >= 11 is 5.19. The van der Waals surface area contributed by atoms with Crippen molar-refractivity contribution in [3.63, 3.8) is 0 Å². The van der Waals surface area contributed by atoms with Gasteiger partial charge in [0.1, 0.15) is 0 Å². The van der Waals surface area contributed by atoms with Crippen LogP contribution in [-0.4, -0.2) is 55.1 Å². The number of hydrogen-bond donors (Lipinski definition) is 2. The van der Waals surface area contributed by atoms with Crippen molar-refractivity contribution >= 4 is 39.0 Å². The first-order valence-corrected chi connectivity index (χ1v) is 11.1. The Labute approximate surface area is 147 Å². The average molecular weight is 365 g/mol. The van der Waals surface area contributed by atoms with Gasteiger partial charge in [-0.3, -0.25) is 0 Å². The van der Waals surface area contributed by atoms with E-state index in [1.165, 1.54) is 31.4 Å². The van der Waals surface area contributed by atoms with Crippen LogP contribution in [0, 0.1) is 0 Å². The molecule has 2 rings (SSSR count). The third-order valence-corrected chi connectivity index (χ3v) is 7.14. The summed E-state index contributed by atoms with van der Waals surface area (Å²) in [6, 6.07) is 0. The Balaban J connectivity index is 1.36. The van der Waals surface area contributed by atoms with Gasteiger partial charge in [-0.25, -0.2) is 0 Å². The lowest BCUT2D eigenvalue weighted by atomic mass is 10.1. The first kappa shape index (κ1) is 18.6. The fourth-order valence-corrected chi connectivity index (χ4v) is 5.78. The van der Waals surface area contributed by atoms with E-state index < -0.39 is 0 Å². The molecule has 2 atom stereocenters. The van der Waals surface area contributed by atoms with Crippen molar-refractivity contribution in [2.45, 2.75) is 49.9 Å². The Kier molecular flexibility index (Phi) is 9.99. The smallest absolute Gasteiger partial charge is 0.256 e. The monoisotopic (exact) mass is 364 g/mol. The largest absolute Gasteiger partial charge is 0.471 e. The molecule has 0 amide bonds. The minimum Gasteiger partial charge on any atom is -0.471 e. The SMILES string of the molecule is S=C(NCCC1CNCCO1)OCCCCCC1CCSS1. The lowest BCUT2D eigenvalue weighted by molar-refractivity contribution is 0.0243. The lowest BCUT2D eigenvalue weighted by Crippen LogP contribution is -2.40. The van der Waals surface area contributed by atoms with Crippen LogP contribution in [0.3, 0.4) is 0 Å². The molecule has 7 heteroatoms. The molecule has 22 heavy (non-hydrogen) atoms. The van der Waals surface area contributed by atoms with Gasteiger partial charge in [0.05, 0.1) is 19.3 Å². The van der Waals surface area contributed by atoms with Crippen LogP contribution in [0.25, 0.3) is 0 Å². The van der Waals surface area contributed by atoms with Crippen molar-refractivity contribution in [2.75, 3.05) is 38.6 Å². The minimum atomic E-state index is 0.302. The highest BCUT2D eigenvalue weighted by Crippen LogP contribution is 2.39. The van der Waals surface area contributed by atoms with E-state index in [0.717, 1.165) is 50.9 Å². The zero-order valence-electron chi connectivity index (χ0n) is 13.2. The molecule has 2 fully saturated rings. The van der Waals surface area contributed by atoms with Crippen LogP contribution in [0.4, 0.5) is 0 Å². The van der Waals surface area contributed by atoms with E-state index in [4.69, 9.17) is 21.7 Å². The van der Waals surface area contributed by atoms with E-state index in [1.807, 2.05) is 10.8 Å². The molecular weight excluding hydrogens is 336 g/mol. The Morgan fingerprint density at radius 3 is 3.05 bits per heavy atom. The zero-order valence-corrected chi connectivity index (χ0v) is 15.6. The molecule has 0 aromatic rings. The van der Waals surface area contributed by atoms with E-state index in [-0.39, 0.29) is 0 Å². The Hall–Kier alpha value is 0.310. The van der Waals surface area contributed by atoms with Gasteiger partial charge >= 0.3 is 0 Å². The third kappa shape index (κ3) is 8.24. The fraction of sp³-hybridized carbons (Fsp3) is 0.933. The highest BCUT2D eigenvalue weighted by molar-refractivity contribution is 8.77. The van der Waals surface area contributed by atoms with Crippen LogP contribution >= 0.6 is 33.8 Å². The summed E-state index contributed by atoms with van der Waals surface area (Å²) in [5.41, 5.74) is 0. The van der Waals surface area contributed by atoms with Gasteiger partial charge in [-0.2, -0.15) is 0 Å². The number of morpholine rings is 1. The number of nitrogens with one attached hydrogen (secondary N) is 2. The van der Waals surface area contributed by atoms with E-state index in [0.29, 0.717) is 11.3 Å². The molecule has 0 saturated carbocycles. The van der Waals surface area contributed by atoms with Crippen LogP contribution < -0.4 is 10.6 Å². The molecule has 0 aromatic heterocycles. The molecule has 4 nitrogen and oxygen atoms in total. The lowest BCUT2D eigenvalue weighted by Gasteiger charge is -2.23. The third-order valence-electron chi connectivity index (χ3n) is 3.87. The van der Waals surface area contributed by atoms with Crippen LogP contribution in [0.1, 0.15) is 38.5 Å². The Morgan fingerprint density at radius 2 is 2.27 bits per heavy atom.